The number of aromatic nitrogens is 1. The number of rotatable bonds is 3. The summed E-state index contributed by atoms with van der Waals surface area (Å²) in [5, 5.41) is 10.6. The fraction of sp³-hybridized carbons (Fsp3) is 0. The van der Waals surface area contributed by atoms with Crippen LogP contribution in [0, 0.1) is 28.3 Å². The Kier molecular flexibility index (Phi) is 4.50. The standard InChI is InChI=1S/C12H4BrF2N3O2S/c1-16-9-4-6(2-3-17-9)21-12-7(13)5-8(18(19)20)10(14)11(12)15/h2-5H. The second-order valence-electron chi connectivity index (χ2n) is 3.66. The number of hydrogen-bond acceptors (Lipinski definition) is 4. The van der Waals surface area contributed by atoms with Crippen LogP contribution < -0.4 is 0 Å². The minimum Gasteiger partial charge on any atom is -0.361 e. The molecule has 0 saturated carbocycles. The van der Waals surface area contributed by atoms with Gasteiger partial charge in [-0.05, 0) is 28.1 Å². The fourth-order valence-electron chi connectivity index (χ4n) is 1.43. The van der Waals surface area contributed by atoms with Crippen molar-refractivity contribution in [3.63, 3.8) is 0 Å². The van der Waals surface area contributed by atoms with Gasteiger partial charge in [-0.3, -0.25) is 10.1 Å². The van der Waals surface area contributed by atoms with Crippen molar-refractivity contribution in [2.45, 2.75) is 9.79 Å². The molecule has 0 aliphatic heterocycles. The van der Waals surface area contributed by atoms with Gasteiger partial charge in [0.05, 0.1) is 9.82 Å². The van der Waals surface area contributed by atoms with E-state index in [0.717, 1.165) is 17.8 Å². The zero-order valence-electron chi connectivity index (χ0n) is 10.0. The molecule has 0 bridgehead atoms. The minimum atomic E-state index is -1.52. The van der Waals surface area contributed by atoms with Crippen molar-refractivity contribution >= 4 is 39.2 Å². The van der Waals surface area contributed by atoms with Crippen LogP contribution in [-0.2, 0) is 0 Å². The summed E-state index contributed by atoms with van der Waals surface area (Å²) in [5.41, 5.74) is -0.944. The Morgan fingerprint density at radius 2 is 2.10 bits per heavy atom. The Balaban J connectivity index is 2.48. The van der Waals surface area contributed by atoms with Crippen LogP contribution in [0.5, 0.6) is 0 Å². The topological polar surface area (TPSA) is 60.4 Å². The van der Waals surface area contributed by atoms with E-state index in [2.05, 4.69) is 25.8 Å². The molecular formula is C12H4BrF2N3O2S. The van der Waals surface area contributed by atoms with E-state index in [1.54, 1.807) is 0 Å². The van der Waals surface area contributed by atoms with Crippen LogP contribution in [0.15, 0.2) is 38.7 Å². The van der Waals surface area contributed by atoms with Gasteiger partial charge in [-0.25, -0.2) is 4.39 Å². The summed E-state index contributed by atoms with van der Waals surface area (Å²) in [6.07, 6.45) is 1.36. The van der Waals surface area contributed by atoms with Crippen molar-refractivity contribution in [3.05, 3.63) is 62.0 Å². The summed E-state index contributed by atoms with van der Waals surface area (Å²) >= 11 is 3.82. The zero-order valence-corrected chi connectivity index (χ0v) is 12.4. The highest BCUT2D eigenvalue weighted by molar-refractivity contribution is 9.10. The maximum absolute atomic E-state index is 13.9. The summed E-state index contributed by atoms with van der Waals surface area (Å²) in [5.74, 6) is -2.73. The van der Waals surface area contributed by atoms with E-state index in [-0.39, 0.29) is 15.2 Å². The first kappa shape index (κ1) is 15.3. The molecule has 2 aromatic rings. The molecule has 0 atom stereocenters. The van der Waals surface area contributed by atoms with Crippen LogP contribution in [0.4, 0.5) is 20.3 Å². The van der Waals surface area contributed by atoms with Gasteiger partial charge in [-0.2, -0.15) is 4.39 Å². The van der Waals surface area contributed by atoms with E-state index in [1.165, 1.54) is 18.3 Å². The Labute approximate surface area is 130 Å². The van der Waals surface area contributed by atoms with Crippen LogP contribution in [0.3, 0.4) is 0 Å². The maximum Gasteiger partial charge on any atom is 0.309 e. The molecule has 106 valence electrons. The first-order chi connectivity index (χ1) is 9.93. The Hall–Kier alpha value is -2.05. The lowest BCUT2D eigenvalue weighted by Crippen LogP contribution is -1.98. The predicted molar refractivity (Wildman–Crippen MR) is 75.3 cm³/mol. The Morgan fingerprint density at radius 1 is 1.38 bits per heavy atom. The van der Waals surface area contributed by atoms with E-state index in [0.29, 0.717) is 4.90 Å². The molecule has 2 rings (SSSR count). The third-order valence-electron chi connectivity index (χ3n) is 2.35. The molecule has 1 aromatic heterocycles. The maximum atomic E-state index is 13.9. The van der Waals surface area contributed by atoms with Crippen LogP contribution in [0.1, 0.15) is 0 Å². The normalized spacial score (nSPS) is 10.2. The highest BCUT2D eigenvalue weighted by Crippen LogP contribution is 2.40. The highest BCUT2D eigenvalue weighted by atomic mass is 79.9. The van der Waals surface area contributed by atoms with Gasteiger partial charge in [-0.15, -0.1) is 4.98 Å². The molecule has 9 heteroatoms. The molecular weight excluding hydrogens is 368 g/mol. The molecule has 0 unspecified atom stereocenters. The molecule has 1 aromatic carbocycles. The lowest BCUT2D eigenvalue weighted by molar-refractivity contribution is -0.387. The first-order valence-electron chi connectivity index (χ1n) is 5.27. The molecule has 0 fully saturated rings. The predicted octanol–water partition coefficient (Wildman–Crippen LogP) is 4.73. The van der Waals surface area contributed by atoms with Crippen LogP contribution in [0.2, 0.25) is 0 Å². The minimum absolute atomic E-state index is 0.0549. The molecule has 0 spiro atoms. The molecule has 0 aliphatic rings. The SMILES string of the molecule is [C-]#[N+]c1cc(Sc2c(Br)cc([N+](=O)[O-])c(F)c2F)ccn1. The molecule has 0 radical (unpaired) electrons. The van der Waals surface area contributed by atoms with Gasteiger partial charge in [0.1, 0.15) is 6.20 Å². The van der Waals surface area contributed by atoms with Crippen LogP contribution in [-0.4, -0.2) is 9.91 Å². The van der Waals surface area contributed by atoms with E-state index < -0.39 is 22.2 Å². The Bertz CT molecular complexity index is 780. The van der Waals surface area contributed by atoms with E-state index in [4.69, 9.17) is 6.57 Å². The van der Waals surface area contributed by atoms with Crippen molar-refractivity contribution in [1.29, 1.82) is 0 Å². The van der Waals surface area contributed by atoms with Gasteiger partial charge in [-0.1, -0.05) is 18.3 Å². The molecule has 0 aliphatic carbocycles. The second kappa shape index (κ2) is 6.15. The number of nitrogens with zero attached hydrogens (tertiary/aromatic N) is 3. The van der Waals surface area contributed by atoms with E-state index in [1.807, 2.05) is 0 Å². The number of pyridine rings is 1. The third-order valence-corrected chi connectivity index (χ3v) is 4.33. The van der Waals surface area contributed by atoms with Gasteiger partial charge < -0.3 is 4.85 Å². The van der Waals surface area contributed by atoms with Crippen LogP contribution in [0.25, 0.3) is 4.85 Å². The fourth-order valence-corrected chi connectivity index (χ4v) is 2.93. The van der Waals surface area contributed by atoms with Gasteiger partial charge in [0.25, 0.3) is 5.82 Å². The Morgan fingerprint density at radius 3 is 2.71 bits per heavy atom. The zero-order chi connectivity index (χ0) is 15.6. The summed E-state index contributed by atoms with van der Waals surface area (Å²) in [6.45, 7) is 6.85. The second-order valence-corrected chi connectivity index (χ2v) is 5.59. The van der Waals surface area contributed by atoms with Crippen molar-refractivity contribution in [2.75, 3.05) is 0 Å². The number of benzene rings is 1. The summed E-state index contributed by atoms with van der Waals surface area (Å²) in [4.78, 5) is 16.8. The molecule has 0 amide bonds. The molecule has 21 heavy (non-hydrogen) atoms. The highest BCUT2D eigenvalue weighted by Gasteiger charge is 2.25. The quantitative estimate of drug-likeness (QED) is 0.338. The molecule has 1 heterocycles. The molecule has 0 N–H and O–H groups in total. The number of nitro groups is 1. The monoisotopic (exact) mass is 371 g/mol. The molecule has 0 saturated heterocycles. The summed E-state index contributed by atoms with van der Waals surface area (Å²) in [6, 6.07) is 3.82. The lowest BCUT2D eigenvalue weighted by Gasteiger charge is -2.07. The van der Waals surface area contributed by atoms with Gasteiger partial charge >= 0.3 is 5.69 Å². The lowest BCUT2D eigenvalue weighted by atomic mass is 10.3. The number of halogens is 3. The van der Waals surface area contributed by atoms with Crippen molar-refractivity contribution in [3.8, 4) is 0 Å². The molecule has 5 nitrogen and oxygen atoms in total. The smallest absolute Gasteiger partial charge is 0.309 e. The largest absolute Gasteiger partial charge is 0.361 e. The van der Waals surface area contributed by atoms with Gasteiger partial charge in [0, 0.05) is 15.4 Å². The number of nitro benzene ring substituents is 1. The average molecular weight is 372 g/mol. The van der Waals surface area contributed by atoms with Gasteiger partial charge in [0.15, 0.2) is 5.82 Å². The summed E-state index contributed by atoms with van der Waals surface area (Å²) < 4.78 is 27.6. The van der Waals surface area contributed by atoms with E-state index in [9.17, 15) is 18.9 Å². The van der Waals surface area contributed by atoms with Crippen molar-refractivity contribution < 1.29 is 13.7 Å². The number of hydrogen-bond donors (Lipinski definition) is 0. The van der Waals surface area contributed by atoms with Gasteiger partial charge in [0.2, 0.25) is 5.82 Å². The third kappa shape index (κ3) is 3.17. The first-order valence-corrected chi connectivity index (χ1v) is 6.88. The van der Waals surface area contributed by atoms with Crippen molar-refractivity contribution in [1.82, 2.24) is 4.98 Å². The van der Waals surface area contributed by atoms with Crippen molar-refractivity contribution in [2.24, 2.45) is 0 Å². The summed E-state index contributed by atoms with van der Waals surface area (Å²) in [7, 11) is 0. The average Bonchev–Trinajstić information content (AvgIpc) is 2.47. The van der Waals surface area contributed by atoms with E-state index >= 15 is 0 Å². The van der Waals surface area contributed by atoms with Crippen LogP contribution >= 0.6 is 27.7 Å².